The summed E-state index contributed by atoms with van der Waals surface area (Å²) in [5.41, 5.74) is 2.35. The van der Waals surface area contributed by atoms with E-state index < -0.39 is 0 Å². The maximum atomic E-state index is 12.1. The summed E-state index contributed by atoms with van der Waals surface area (Å²) in [6.45, 7) is 5.79. The molecule has 0 spiro atoms. The zero-order valence-corrected chi connectivity index (χ0v) is 16.7. The van der Waals surface area contributed by atoms with Gasteiger partial charge in [0.25, 0.3) is 11.8 Å². The molecule has 2 amide bonds. The smallest absolute Gasteiger partial charge is 0.262 e. The molecule has 0 unspecified atom stereocenters. The molecule has 0 saturated heterocycles. The first-order valence-corrected chi connectivity index (χ1v) is 9.30. The second-order valence-electron chi connectivity index (χ2n) is 6.16. The van der Waals surface area contributed by atoms with Crippen molar-refractivity contribution in [3.8, 4) is 5.75 Å². The topological polar surface area (TPSA) is 67.4 Å². The third kappa shape index (κ3) is 5.88. The van der Waals surface area contributed by atoms with Crippen molar-refractivity contribution in [3.05, 3.63) is 58.1 Å². The van der Waals surface area contributed by atoms with Gasteiger partial charge in [-0.2, -0.15) is 0 Å². The Morgan fingerprint density at radius 1 is 1.12 bits per heavy atom. The normalized spacial score (nSPS) is 10.5. The highest BCUT2D eigenvalue weighted by atomic mass is 79.9. The summed E-state index contributed by atoms with van der Waals surface area (Å²) in [6.07, 6.45) is 0.935. The summed E-state index contributed by atoms with van der Waals surface area (Å²) >= 11 is 3.45. The molecule has 0 bridgehead atoms. The molecule has 0 aliphatic carbocycles. The monoisotopic (exact) mass is 418 g/mol. The van der Waals surface area contributed by atoms with Gasteiger partial charge in [0.2, 0.25) is 0 Å². The van der Waals surface area contributed by atoms with Crippen LogP contribution in [0.1, 0.15) is 36.7 Å². The second kappa shape index (κ2) is 9.38. The van der Waals surface area contributed by atoms with Crippen molar-refractivity contribution in [2.45, 2.75) is 33.2 Å². The third-order valence-corrected chi connectivity index (χ3v) is 4.23. The molecule has 6 heteroatoms. The van der Waals surface area contributed by atoms with Crippen LogP contribution in [0, 0.1) is 0 Å². The molecule has 5 nitrogen and oxygen atoms in total. The molecular weight excluding hydrogens is 396 g/mol. The zero-order valence-electron chi connectivity index (χ0n) is 15.1. The number of anilines is 1. The summed E-state index contributed by atoms with van der Waals surface area (Å²) in [7, 11) is 0. The number of carbonyl (C=O) groups excluding carboxylic acids is 2. The molecule has 0 saturated carbocycles. The van der Waals surface area contributed by atoms with Crippen LogP contribution in [0.2, 0.25) is 0 Å². The maximum Gasteiger partial charge on any atom is 0.262 e. The van der Waals surface area contributed by atoms with Crippen LogP contribution >= 0.6 is 15.9 Å². The van der Waals surface area contributed by atoms with Crippen LogP contribution < -0.4 is 15.4 Å². The number of amides is 2. The molecule has 2 N–H and O–H groups in total. The van der Waals surface area contributed by atoms with Crippen LogP contribution in [0.3, 0.4) is 0 Å². The Labute approximate surface area is 162 Å². The summed E-state index contributed by atoms with van der Waals surface area (Å²) in [4.78, 5) is 24.0. The van der Waals surface area contributed by atoms with Gasteiger partial charge in [-0.1, -0.05) is 13.0 Å². The lowest BCUT2D eigenvalue weighted by molar-refractivity contribution is -0.118. The number of rotatable bonds is 7. The van der Waals surface area contributed by atoms with Crippen LogP contribution in [-0.4, -0.2) is 24.5 Å². The lowest BCUT2D eigenvalue weighted by atomic mass is 10.2. The molecule has 0 heterocycles. The molecule has 0 atom stereocenters. The number of nitrogens with one attached hydrogen (secondary N) is 2. The van der Waals surface area contributed by atoms with Crippen LogP contribution in [0.4, 0.5) is 5.69 Å². The highest BCUT2D eigenvalue weighted by molar-refractivity contribution is 9.10. The zero-order chi connectivity index (χ0) is 19.1. The highest BCUT2D eigenvalue weighted by Gasteiger charge is 2.09. The Kier molecular flexibility index (Phi) is 7.21. The Morgan fingerprint density at radius 2 is 1.81 bits per heavy atom. The van der Waals surface area contributed by atoms with E-state index in [0.29, 0.717) is 17.0 Å². The first-order valence-electron chi connectivity index (χ1n) is 8.51. The number of hydrogen-bond acceptors (Lipinski definition) is 3. The van der Waals surface area contributed by atoms with Gasteiger partial charge in [-0.15, -0.1) is 0 Å². The number of aryl methyl sites for hydroxylation is 1. The SMILES string of the molecule is CCc1ccc(OCC(=O)Nc2ccc(C(=O)NC(C)C)cc2)c(Br)c1. The first-order chi connectivity index (χ1) is 12.4. The predicted octanol–water partition coefficient (Wildman–Crippen LogP) is 4.17. The van der Waals surface area contributed by atoms with Crippen molar-refractivity contribution >= 4 is 33.4 Å². The molecule has 0 aliphatic rings. The van der Waals surface area contributed by atoms with Gasteiger partial charge in [0.1, 0.15) is 5.75 Å². The minimum atomic E-state index is -0.268. The van der Waals surface area contributed by atoms with Crippen molar-refractivity contribution in [3.63, 3.8) is 0 Å². The Balaban J connectivity index is 1.88. The van der Waals surface area contributed by atoms with E-state index in [9.17, 15) is 9.59 Å². The van der Waals surface area contributed by atoms with Gasteiger partial charge in [0, 0.05) is 17.3 Å². The van der Waals surface area contributed by atoms with Crippen molar-refractivity contribution in [2.24, 2.45) is 0 Å². The van der Waals surface area contributed by atoms with E-state index in [1.165, 1.54) is 5.56 Å². The van der Waals surface area contributed by atoms with E-state index >= 15 is 0 Å². The van der Waals surface area contributed by atoms with Gasteiger partial charge in [-0.3, -0.25) is 9.59 Å². The molecule has 138 valence electrons. The van der Waals surface area contributed by atoms with Crippen LogP contribution in [-0.2, 0) is 11.2 Å². The Bertz CT molecular complexity index is 773. The lowest BCUT2D eigenvalue weighted by Gasteiger charge is -2.11. The number of carbonyl (C=O) groups is 2. The van der Waals surface area contributed by atoms with Crippen LogP contribution in [0.5, 0.6) is 5.75 Å². The fourth-order valence-electron chi connectivity index (χ4n) is 2.27. The number of ether oxygens (including phenoxy) is 1. The Morgan fingerprint density at radius 3 is 2.38 bits per heavy atom. The van der Waals surface area contributed by atoms with Crippen LogP contribution in [0.25, 0.3) is 0 Å². The predicted molar refractivity (Wildman–Crippen MR) is 107 cm³/mol. The van der Waals surface area contributed by atoms with Crippen molar-refractivity contribution in [1.29, 1.82) is 0 Å². The highest BCUT2D eigenvalue weighted by Crippen LogP contribution is 2.26. The Hall–Kier alpha value is -2.34. The number of hydrogen-bond donors (Lipinski definition) is 2. The van der Waals surface area contributed by atoms with Crippen molar-refractivity contribution < 1.29 is 14.3 Å². The molecule has 0 radical (unpaired) electrons. The average Bonchev–Trinajstić information content (AvgIpc) is 2.60. The number of benzene rings is 2. The molecule has 2 aromatic rings. The molecule has 0 aliphatic heterocycles. The van der Waals surface area contributed by atoms with E-state index in [2.05, 4.69) is 33.5 Å². The number of halogens is 1. The molecule has 2 rings (SSSR count). The van der Waals surface area contributed by atoms with E-state index in [-0.39, 0.29) is 24.5 Å². The summed E-state index contributed by atoms with van der Waals surface area (Å²) in [6, 6.07) is 12.6. The van der Waals surface area contributed by atoms with Gasteiger partial charge < -0.3 is 15.4 Å². The van der Waals surface area contributed by atoms with Gasteiger partial charge in [0.15, 0.2) is 6.61 Å². The lowest BCUT2D eigenvalue weighted by Crippen LogP contribution is -2.30. The molecule has 0 fully saturated rings. The van der Waals surface area contributed by atoms with Crippen molar-refractivity contribution in [1.82, 2.24) is 5.32 Å². The standard InChI is InChI=1S/C20H23BrN2O3/c1-4-14-5-10-18(17(21)11-14)26-12-19(24)23-16-8-6-15(7-9-16)20(25)22-13(2)3/h5-11,13H,4,12H2,1-3H3,(H,22,25)(H,23,24). The maximum absolute atomic E-state index is 12.1. The molecule has 0 aromatic heterocycles. The molecular formula is C20H23BrN2O3. The van der Waals surface area contributed by atoms with Gasteiger partial charge in [-0.05, 0) is 78.2 Å². The van der Waals surface area contributed by atoms with E-state index in [0.717, 1.165) is 10.9 Å². The first kappa shape index (κ1) is 20.0. The molecule has 2 aromatic carbocycles. The van der Waals surface area contributed by atoms with E-state index in [1.54, 1.807) is 24.3 Å². The van der Waals surface area contributed by atoms with Gasteiger partial charge in [-0.25, -0.2) is 0 Å². The van der Waals surface area contributed by atoms with Gasteiger partial charge in [0.05, 0.1) is 4.47 Å². The van der Waals surface area contributed by atoms with Crippen LogP contribution in [0.15, 0.2) is 46.9 Å². The summed E-state index contributed by atoms with van der Waals surface area (Å²) in [5.74, 6) is 0.218. The quantitative estimate of drug-likeness (QED) is 0.708. The molecule has 26 heavy (non-hydrogen) atoms. The van der Waals surface area contributed by atoms with E-state index in [1.807, 2.05) is 32.0 Å². The fourth-order valence-corrected chi connectivity index (χ4v) is 2.81. The van der Waals surface area contributed by atoms with Gasteiger partial charge >= 0.3 is 0 Å². The minimum Gasteiger partial charge on any atom is -0.483 e. The minimum absolute atomic E-state index is 0.0738. The summed E-state index contributed by atoms with van der Waals surface area (Å²) < 4.78 is 6.38. The average molecular weight is 419 g/mol. The van der Waals surface area contributed by atoms with E-state index in [4.69, 9.17) is 4.74 Å². The largest absolute Gasteiger partial charge is 0.483 e. The third-order valence-electron chi connectivity index (χ3n) is 3.61. The van der Waals surface area contributed by atoms with Crippen molar-refractivity contribution in [2.75, 3.05) is 11.9 Å². The summed E-state index contributed by atoms with van der Waals surface area (Å²) in [5, 5.41) is 5.57. The fraction of sp³-hybridized carbons (Fsp3) is 0.300. The second-order valence-corrected chi connectivity index (χ2v) is 7.02.